The molecule has 0 aliphatic heterocycles. The minimum atomic E-state index is -0.165. The summed E-state index contributed by atoms with van der Waals surface area (Å²) in [5, 5.41) is 12.2. The summed E-state index contributed by atoms with van der Waals surface area (Å²) >= 11 is 8.16. The number of anilines is 1. The van der Waals surface area contributed by atoms with Crippen LogP contribution in [0.4, 0.5) is 5.69 Å². The zero-order chi connectivity index (χ0) is 14.0. The summed E-state index contributed by atoms with van der Waals surface area (Å²) in [7, 11) is 0. The van der Waals surface area contributed by atoms with Gasteiger partial charge in [-0.15, -0.1) is 11.3 Å². The maximum atomic E-state index is 12.0. The Bertz CT molecular complexity index is 655. The second-order valence-electron chi connectivity index (χ2n) is 3.99. The molecule has 0 aliphatic rings. The topological polar surface area (TPSA) is 57.9 Å². The smallest absolute Gasteiger partial charge is 0.244 e. The third-order valence-electron chi connectivity index (χ3n) is 2.45. The van der Waals surface area contributed by atoms with Crippen LogP contribution in [0.3, 0.4) is 0 Å². The number of aryl methyl sites for hydroxylation is 1. The van der Waals surface area contributed by atoms with E-state index in [0.717, 1.165) is 14.5 Å². The Morgan fingerprint density at radius 1 is 1.42 bits per heavy atom. The Hall–Kier alpha value is -0.920. The van der Waals surface area contributed by atoms with Gasteiger partial charge in [-0.25, -0.2) is 0 Å². The highest BCUT2D eigenvalue weighted by molar-refractivity contribution is 9.11. The average Bonchev–Trinajstić information content (AvgIpc) is 2.69. The summed E-state index contributed by atoms with van der Waals surface area (Å²) in [4.78, 5) is 12.3. The third-order valence-corrected chi connectivity index (χ3v) is 4.41. The first-order valence-electron chi connectivity index (χ1n) is 5.41. The number of benzene rings is 1. The summed E-state index contributed by atoms with van der Waals surface area (Å²) in [6.07, 6.45) is 1.73. The van der Waals surface area contributed by atoms with Crippen LogP contribution in [0.15, 0.2) is 32.7 Å². The molecule has 1 aromatic carbocycles. The van der Waals surface area contributed by atoms with Crippen molar-refractivity contribution in [1.82, 2.24) is 4.57 Å². The fraction of sp³-hybridized carbons (Fsp3) is 0.167. The molecule has 0 bridgehead atoms. The van der Waals surface area contributed by atoms with Crippen molar-refractivity contribution in [3.63, 3.8) is 0 Å². The number of thiazole rings is 1. The Labute approximate surface area is 131 Å². The van der Waals surface area contributed by atoms with Crippen LogP contribution in [-0.2, 0) is 11.3 Å². The molecule has 0 aliphatic carbocycles. The zero-order valence-corrected chi connectivity index (χ0v) is 14.0. The molecule has 0 saturated heterocycles. The molecule has 0 atom stereocenters. The maximum Gasteiger partial charge on any atom is 0.244 e. The van der Waals surface area contributed by atoms with Gasteiger partial charge in [0.15, 0.2) is 4.80 Å². The van der Waals surface area contributed by atoms with Crippen LogP contribution in [0.5, 0.6) is 0 Å². The lowest BCUT2D eigenvalue weighted by molar-refractivity contribution is -0.116. The van der Waals surface area contributed by atoms with Crippen LogP contribution in [0.25, 0.3) is 0 Å². The van der Waals surface area contributed by atoms with Crippen molar-refractivity contribution >= 4 is 54.8 Å². The highest BCUT2D eigenvalue weighted by Crippen LogP contribution is 2.32. The first-order valence-corrected chi connectivity index (χ1v) is 7.88. The van der Waals surface area contributed by atoms with Gasteiger partial charge in [0.05, 0.1) is 5.69 Å². The highest BCUT2D eigenvalue weighted by Gasteiger charge is 2.10. The molecule has 1 amide bonds. The summed E-state index contributed by atoms with van der Waals surface area (Å²) in [6.45, 7) is 2.11. The maximum absolute atomic E-state index is 12.0. The van der Waals surface area contributed by atoms with E-state index in [1.165, 1.54) is 11.3 Å². The molecule has 2 aromatic rings. The number of carbonyl (C=O) groups excluding carboxylic acids is 1. The van der Waals surface area contributed by atoms with Gasteiger partial charge in [0.25, 0.3) is 0 Å². The molecule has 0 radical (unpaired) electrons. The number of hydrogen-bond donors (Lipinski definition) is 2. The van der Waals surface area contributed by atoms with Gasteiger partial charge in [-0.05, 0) is 56.5 Å². The van der Waals surface area contributed by atoms with Crippen molar-refractivity contribution in [2.75, 3.05) is 5.32 Å². The minimum Gasteiger partial charge on any atom is -0.323 e. The van der Waals surface area contributed by atoms with E-state index in [-0.39, 0.29) is 12.5 Å². The number of nitrogens with one attached hydrogen (secondary N) is 2. The van der Waals surface area contributed by atoms with E-state index in [4.69, 9.17) is 5.41 Å². The molecule has 2 N–H and O–H groups in total. The molecule has 1 heterocycles. The van der Waals surface area contributed by atoms with E-state index in [0.29, 0.717) is 10.5 Å². The van der Waals surface area contributed by atoms with Gasteiger partial charge in [-0.2, -0.15) is 0 Å². The van der Waals surface area contributed by atoms with E-state index in [2.05, 4.69) is 37.2 Å². The van der Waals surface area contributed by atoms with Gasteiger partial charge in [0, 0.05) is 20.5 Å². The van der Waals surface area contributed by atoms with Gasteiger partial charge in [-0.3, -0.25) is 10.2 Å². The van der Waals surface area contributed by atoms with E-state index < -0.39 is 0 Å². The standard InChI is InChI=1S/C12H11Br2N3OS/c1-7-4-8(13)11(9(14)5-7)16-10(18)6-17-2-3-19-12(17)15/h2-5,15H,6H2,1H3,(H,16,18). The molecule has 7 heteroatoms. The first-order chi connectivity index (χ1) is 8.97. The molecule has 100 valence electrons. The molecule has 2 rings (SSSR count). The van der Waals surface area contributed by atoms with Crippen molar-refractivity contribution in [3.8, 4) is 0 Å². The van der Waals surface area contributed by atoms with Crippen molar-refractivity contribution in [2.24, 2.45) is 0 Å². The average molecular weight is 405 g/mol. The Kier molecular flexibility index (Phi) is 4.59. The fourth-order valence-corrected chi connectivity index (χ4v) is 3.79. The Balaban J connectivity index is 2.16. The molecule has 1 aromatic heterocycles. The normalized spacial score (nSPS) is 10.5. The molecular formula is C12H11Br2N3OS. The summed E-state index contributed by atoms with van der Waals surface area (Å²) < 4.78 is 3.25. The fourth-order valence-electron chi connectivity index (χ4n) is 1.58. The molecule has 0 spiro atoms. The van der Waals surface area contributed by atoms with Gasteiger partial charge in [0.2, 0.25) is 5.91 Å². The van der Waals surface area contributed by atoms with Crippen LogP contribution >= 0.6 is 43.2 Å². The van der Waals surface area contributed by atoms with Crippen molar-refractivity contribution in [1.29, 1.82) is 5.41 Å². The number of nitrogens with zero attached hydrogens (tertiary/aromatic N) is 1. The van der Waals surface area contributed by atoms with Crippen molar-refractivity contribution in [3.05, 3.63) is 43.0 Å². The predicted molar refractivity (Wildman–Crippen MR) is 83.4 cm³/mol. The van der Waals surface area contributed by atoms with Gasteiger partial charge >= 0.3 is 0 Å². The quantitative estimate of drug-likeness (QED) is 0.807. The summed E-state index contributed by atoms with van der Waals surface area (Å²) in [5.41, 5.74) is 1.80. The monoisotopic (exact) mass is 403 g/mol. The second kappa shape index (κ2) is 6.02. The van der Waals surface area contributed by atoms with E-state index in [9.17, 15) is 4.79 Å². The van der Waals surface area contributed by atoms with Crippen molar-refractivity contribution < 1.29 is 4.79 Å². The lowest BCUT2D eigenvalue weighted by Crippen LogP contribution is -2.24. The lowest BCUT2D eigenvalue weighted by Gasteiger charge is -2.11. The largest absolute Gasteiger partial charge is 0.323 e. The number of amides is 1. The molecule has 0 unspecified atom stereocenters. The second-order valence-corrected chi connectivity index (χ2v) is 6.59. The molecule has 4 nitrogen and oxygen atoms in total. The van der Waals surface area contributed by atoms with Crippen molar-refractivity contribution in [2.45, 2.75) is 13.5 Å². The SMILES string of the molecule is Cc1cc(Br)c(NC(=O)Cn2ccsc2=N)c(Br)c1. The number of carbonyl (C=O) groups is 1. The van der Waals surface area contributed by atoms with Crippen LogP contribution < -0.4 is 10.1 Å². The lowest BCUT2D eigenvalue weighted by atomic mass is 10.2. The van der Waals surface area contributed by atoms with Crippen LogP contribution in [-0.4, -0.2) is 10.5 Å². The van der Waals surface area contributed by atoms with Crippen LogP contribution in [0.1, 0.15) is 5.56 Å². The number of aromatic nitrogens is 1. The third kappa shape index (κ3) is 3.55. The van der Waals surface area contributed by atoms with Crippen LogP contribution in [0.2, 0.25) is 0 Å². The Morgan fingerprint density at radius 3 is 2.58 bits per heavy atom. The summed E-state index contributed by atoms with van der Waals surface area (Å²) in [6, 6.07) is 3.88. The Morgan fingerprint density at radius 2 is 2.05 bits per heavy atom. The first kappa shape index (κ1) is 14.5. The molecule has 19 heavy (non-hydrogen) atoms. The van der Waals surface area contributed by atoms with Gasteiger partial charge in [-0.1, -0.05) is 0 Å². The van der Waals surface area contributed by atoms with Gasteiger partial charge < -0.3 is 9.88 Å². The molecular weight excluding hydrogens is 394 g/mol. The van der Waals surface area contributed by atoms with E-state index >= 15 is 0 Å². The molecule has 0 fully saturated rings. The van der Waals surface area contributed by atoms with Crippen LogP contribution in [0, 0.1) is 12.3 Å². The van der Waals surface area contributed by atoms with E-state index in [1.807, 2.05) is 19.1 Å². The minimum absolute atomic E-state index is 0.134. The summed E-state index contributed by atoms with van der Waals surface area (Å²) in [5.74, 6) is -0.165. The predicted octanol–water partition coefficient (Wildman–Crippen LogP) is 3.50. The number of rotatable bonds is 3. The highest BCUT2D eigenvalue weighted by atomic mass is 79.9. The number of halogens is 2. The van der Waals surface area contributed by atoms with Gasteiger partial charge in [0.1, 0.15) is 6.54 Å². The van der Waals surface area contributed by atoms with E-state index in [1.54, 1.807) is 16.1 Å². The number of hydrogen-bond acceptors (Lipinski definition) is 3. The molecule has 0 saturated carbocycles. The zero-order valence-electron chi connectivity index (χ0n) is 10.0.